The van der Waals surface area contributed by atoms with Gasteiger partial charge in [0.25, 0.3) is 5.91 Å². The molecule has 0 aliphatic heterocycles. The fourth-order valence-corrected chi connectivity index (χ4v) is 2.34. The molecule has 0 atom stereocenters. The Balaban J connectivity index is 1.79. The normalized spacial score (nSPS) is 10.3. The summed E-state index contributed by atoms with van der Waals surface area (Å²) in [7, 11) is 1.58. The number of rotatable bonds is 5. The average molecular weight is 352 g/mol. The van der Waals surface area contributed by atoms with Crippen molar-refractivity contribution in [1.82, 2.24) is 9.97 Å². The molecule has 0 saturated heterocycles. The molecule has 1 heterocycles. The number of aromatic nitrogens is 2. The maximum Gasteiger partial charge on any atom is 0.274 e. The predicted molar refractivity (Wildman–Crippen MR) is 97.4 cm³/mol. The molecule has 0 bridgehead atoms. The lowest BCUT2D eigenvalue weighted by Crippen LogP contribution is -2.14. The smallest absolute Gasteiger partial charge is 0.274 e. The predicted octanol–water partition coefficient (Wildman–Crippen LogP) is 3.93. The van der Waals surface area contributed by atoms with Crippen molar-refractivity contribution in [3.05, 3.63) is 71.9 Å². The van der Waals surface area contributed by atoms with Gasteiger partial charge >= 0.3 is 0 Å². The zero-order valence-corrected chi connectivity index (χ0v) is 14.3. The summed E-state index contributed by atoms with van der Waals surface area (Å²) in [6, 6.07) is 12.7. The molecule has 7 heteroatoms. The number of nitrogens with zero attached hydrogens (tertiary/aromatic N) is 2. The number of carbonyl (C=O) groups is 1. The molecule has 3 aromatic rings. The number of aryl methyl sites for hydroxylation is 1. The Kier molecular flexibility index (Phi) is 5.07. The van der Waals surface area contributed by atoms with E-state index in [0.29, 0.717) is 17.3 Å². The van der Waals surface area contributed by atoms with Gasteiger partial charge in [0.1, 0.15) is 29.4 Å². The number of nitrogens with one attached hydrogen (secondary N) is 2. The highest BCUT2D eigenvalue weighted by Gasteiger charge is 2.11. The van der Waals surface area contributed by atoms with Crippen molar-refractivity contribution in [2.24, 2.45) is 0 Å². The maximum atomic E-state index is 12.9. The summed E-state index contributed by atoms with van der Waals surface area (Å²) in [6.07, 6.45) is 1.30. The number of methoxy groups -OCH3 is 1. The fourth-order valence-electron chi connectivity index (χ4n) is 2.34. The summed E-state index contributed by atoms with van der Waals surface area (Å²) in [5, 5.41) is 5.78. The molecule has 0 spiro atoms. The van der Waals surface area contributed by atoms with Gasteiger partial charge in [0.15, 0.2) is 0 Å². The first-order valence-electron chi connectivity index (χ1n) is 7.86. The first kappa shape index (κ1) is 17.3. The van der Waals surface area contributed by atoms with Gasteiger partial charge in [-0.2, -0.15) is 0 Å². The Morgan fingerprint density at radius 3 is 2.58 bits per heavy atom. The van der Waals surface area contributed by atoms with Crippen molar-refractivity contribution >= 4 is 23.1 Å². The largest absolute Gasteiger partial charge is 0.495 e. The number of benzene rings is 2. The summed E-state index contributed by atoms with van der Waals surface area (Å²) in [4.78, 5) is 20.5. The van der Waals surface area contributed by atoms with Gasteiger partial charge in [-0.25, -0.2) is 14.4 Å². The third-order valence-corrected chi connectivity index (χ3v) is 3.62. The van der Waals surface area contributed by atoms with Crippen molar-refractivity contribution in [3.8, 4) is 5.75 Å². The van der Waals surface area contributed by atoms with Crippen LogP contribution < -0.4 is 15.4 Å². The zero-order chi connectivity index (χ0) is 18.5. The van der Waals surface area contributed by atoms with E-state index in [1.807, 2.05) is 25.1 Å². The second-order valence-electron chi connectivity index (χ2n) is 5.58. The van der Waals surface area contributed by atoms with Gasteiger partial charge in [0.2, 0.25) is 0 Å². The van der Waals surface area contributed by atoms with Crippen LogP contribution in [0.3, 0.4) is 0 Å². The Hall–Kier alpha value is -3.48. The number of carbonyl (C=O) groups excluding carboxylic acids is 1. The second kappa shape index (κ2) is 7.60. The highest BCUT2D eigenvalue weighted by atomic mass is 19.1. The molecule has 3 rings (SSSR count). The van der Waals surface area contributed by atoms with E-state index in [9.17, 15) is 9.18 Å². The summed E-state index contributed by atoms with van der Waals surface area (Å²) >= 11 is 0. The van der Waals surface area contributed by atoms with Gasteiger partial charge in [-0.15, -0.1) is 0 Å². The van der Waals surface area contributed by atoms with E-state index in [1.165, 1.54) is 36.7 Å². The van der Waals surface area contributed by atoms with E-state index >= 15 is 0 Å². The van der Waals surface area contributed by atoms with Crippen molar-refractivity contribution in [2.75, 3.05) is 17.7 Å². The molecule has 0 fully saturated rings. The van der Waals surface area contributed by atoms with Crippen LogP contribution in [-0.4, -0.2) is 23.0 Å². The molecule has 0 radical (unpaired) electrons. The van der Waals surface area contributed by atoms with Gasteiger partial charge in [-0.1, -0.05) is 6.07 Å². The Morgan fingerprint density at radius 1 is 1.08 bits per heavy atom. The highest BCUT2D eigenvalue weighted by molar-refractivity contribution is 6.03. The minimum absolute atomic E-state index is 0.179. The molecule has 0 unspecified atom stereocenters. The number of amides is 1. The lowest BCUT2D eigenvalue weighted by atomic mass is 10.2. The topological polar surface area (TPSA) is 76.1 Å². The van der Waals surface area contributed by atoms with Crippen molar-refractivity contribution in [2.45, 2.75) is 6.92 Å². The van der Waals surface area contributed by atoms with Crippen LogP contribution in [0.15, 0.2) is 54.9 Å². The van der Waals surface area contributed by atoms with Crippen LogP contribution >= 0.6 is 0 Å². The van der Waals surface area contributed by atoms with Gasteiger partial charge in [0.05, 0.1) is 12.8 Å². The summed E-state index contributed by atoms with van der Waals surface area (Å²) in [5.41, 5.74) is 2.44. The Morgan fingerprint density at radius 2 is 1.85 bits per heavy atom. The highest BCUT2D eigenvalue weighted by Crippen LogP contribution is 2.27. The molecule has 0 saturated carbocycles. The van der Waals surface area contributed by atoms with Gasteiger partial charge in [-0.3, -0.25) is 4.79 Å². The first-order valence-corrected chi connectivity index (χ1v) is 7.86. The van der Waals surface area contributed by atoms with Crippen molar-refractivity contribution < 1.29 is 13.9 Å². The monoisotopic (exact) mass is 352 g/mol. The number of ether oxygens (including phenoxy) is 1. The summed E-state index contributed by atoms with van der Waals surface area (Å²) < 4.78 is 18.3. The third-order valence-electron chi connectivity index (χ3n) is 3.62. The van der Waals surface area contributed by atoms with Gasteiger partial charge in [-0.05, 0) is 48.9 Å². The minimum atomic E-state index is -0.418. The van der Waals surface area contributed by atoms with Gasteiger partial charge in [0, 0.05) is 11.8 Å². The first-order chi connectivity index (χ1) is 12.5. The summed E-state index contributed by atoms with van der Waals surface area (Å²) in [5.74, 6) is 0.321. The molecule has 1 amide bonds. The van der Waals surface area contributed by atoms with Gasteiger partial charge < -0.3 is 15.4 Å². The molecular weight excluding hydrogens is 335 g/mol. The Labute approximate surface area is 150 Å². The van der Waals surface area contributed by atoms with Crippen LogP contribution in [-0.2, 0) is 0 Å². The second-order valence-corrected chi connectivity index (χ2v) is 5.58. The molecule has 1 aromatic heterocycles. The molecule has 26 heavy (non-hydrogen) atoms. The van der Waals surface area contributed by atoms with Crippen LogP contribution in [0, 0.1) is 12.7 Å². The van der Waals surface area contributed by atoms with E-state index in [4.69, 9.17) is 4.74 Å². The van der Waals surface area contributed by atoms with Crippen LogP contribution in [0.2, 0.25) is 0 Å². The average Bonchev–Trinajstić information content (AvgIpc) is 2.64. The van der Waals surface area contributed by atoms with Crippen molar-refractivity contribution in [3.63, 3.8) is 0 Å². The fraction of sp³-hybridized carbons (Fsp3) is 0.105. The molecular formula is C19H17FN4O2. The molecule has 0 aliphatic rings. The van der Waals surface area contributed by atoms with Crippen molar-refractivity contribution in [1.29, 1.82) is 0 Å². The molecule has 2 aromatic carbocycles. The molecule has 0 aliphatic carbocycles. The van der Waals surface area contributed by atoms with E-state index in [0.717, 1.165) is 11.3 Å². The maximum absolute atomic E-state index is 12.9. The lowest BCUT2D eigenvalue weighted by Gasteiger charge is -2.12. The van der Waals surface area contributed by atoms with E-state index in [1.54, 1.807) is 7.11 Å². The molecule has 132 valence electrons. The van der Waals surface area contributed by atoms with Crippen LogP contribution in [0.25, 0.3) is 0 Å². The quantitative estimate of drug-likeness (QED) is 0.728. The number of hydrogen-bond acceptors (Lipinski definition) is 5. The van der Waals surface area contributed by atoms with Crippen LogP contribution in [0.4, 0.5) is 21.6 Å². The van der Waals surface area contributed by atoms with Crippen LogP contribution in [0.5, 0.6) is 5.75 Å². The number of anilines is 3. The van der Waals surface area contributed by atoms with E-state index < -0.39 is 5.91 Å². The lowest BCUT2D eigenvalue weighted by molar-refractivity contribution is 0.102. The standard InChI is InChI=1S/C19H17FN4O2/c1-12-3-8-17(26-2)15(9-12)24-18-10-16(21-11-22-18)19(25)23-14-6-4-13(20)5-7-14/h3-11H,1-2H3,(H,23,25)(H,21,22,24). The zero-order valence-electron chi connectivity index (χ0n) is 14.3. The SMILES string of the molecule is COc1ccc(C)cc1Nc1cc(C(=O)Nc2ccc(F)cc2)ncn1. The number of halogens is 1. The molecule has 6 nitrogen and oxygen atoms in total. The summed E-state index contributed by atoms with van der Waals surface area (Å²) in [6.45, 7) is 1.96. The molecule has 2 N–H and O–H groups in total. The number of hydrogen-bond donors (Lipinski definition) is 2. The van der Waals surface area contributed by atoms with E-state index in [-0.39, 0.29) is 11.5 Å². The van der Waals surface area contributed by atoms with E-state index in [2.05, 4.69) is 20.6 Å². The Bertz CT molecular complexity index is 929. The third kappa shape index (κ3) is 4.13. The minimum Gasteiger partial charge on any atom is -0.495 e. The van der Waals surface area contributed by atoms with Crippen LogP contribution in [0.1, 0.15) is 16.1 Å².